The van der Waals surface area contributed by atoms with Crippen LogP contribution in [0.3, 0.4) is 0 Å². The Bertz CT molecular complexity index is 788. The molecule has 5 fully saturated rings. The maximum atomic E-state index is 13.4. The molecule has 5 heteroatoms. The first kappa shape index (κ1) is 18.5. The normalized spacial score (nSPS) is 36.5. The van der Waals surface area contributed by atoms with Gasteiger partial charge in [0.2, 0.25) is 5.91 Å². The smallest absolute Gasteiger partial charge is 0.253 e. The molecule has 4 nitrogen and oxygen atoms in total. The van der Waals surface area contributed by atoms with Crippen molar-refractivity contribution in [1.29, 1.82) is 0 Å². The fraction of sp³-hybridized carbons (Fsp3) is 0.652. The lowest BCUT2D eigenvalue weighted by Crippen LogP contribution is -2.57. The maximum absolute atomic E-state index is 13.4. The van der Waals surface area contributed by atoms with Gasteiger partial charge in [-0.05, 0) is 75.3 Å². The van der Waals surface area contributed by atoms with Crippen LogP contribution < -0.4 is 10.6 Å². The predicted octanol–water partition coefficient (Wildman–Crippen LogP) is 4.88. The standard InChI is InChI=1S/C23H29ClN2O2/c24-23-12-15-9-16(13-23)11-22(10-15,14-23)21(28)26-19-8-4-3-7-18(19)20(27)25-17-5-1-2-6-17/h3-4,7-8,15-17H,1-2,5-6,9-14H2,(H,25,27)(H,26,28). The Labute approximate surface area is 171 Å². The maximum Gasteiger partial charge on any atom is 0.253 e. The van der Waals surface area contributed by atoms with Crippen molar-refractivity contribution in [3.05, 3.63) is 29.8 Å². The minimum atomic E-state index is -0.360. The fourth-order valence-corrected chi connectivity index (χ4v) is 7.49. The van der Waals surface area contributed by atoms with Gasteiger partial charge in [-0.2, -0.15) is 0 Å². The zero-order valence-electron chi connectivity index (χ0n) is 16.3. The molecule has 0 saturated heterocycles. The molecule has 2 amide bonds. The van der Waals surface area contributed by atoms with Crippen LogP contribution in [0.1, 0.15) is 74.6 Å². The van der Waals surface area contributed by atoms with E-state index in [1.807, 2.05) is 24.3 Å². The lowest BCUT2D eigenvalue weighted by atomic mass is 9.49. The number of para-hydroxylation sites is 1. The highest BCUT2D eigenvalue weighted by molar-refractivity contribution is 6.24. The Morgan fingerprint density at radius 1 is 1.00 bits per heavy atom. The number of hydrogen-bond acceptors (Lipinski definition) is 2. The van der Waals surface area contributed by atoms with Crippen molar-refractivity contribution in [3.63, 3.8) is 0 Å². The third-order valence-corrected chi connectivity index (χ3v) is 8.02. The van der Waals surface area contributed by atoms with Crippen molar-refractivity contribution in [2.45, 2.75) is 75.1 Å². The van der Waals surface area contributed by atoms with Crippen molar-refractivity contribution >= 4 is 29.1 Å². The van der Waals surface area contributed by atoms with E-state index in [9.17, 15) is 9.59 Å². The molecule has 28 heavy (non-hydrogen) atoms. The van der Waals surface area contributed by atoms with E-state index < -0.39 is 0 Å². The van der Waals surface area contributed by atoms with Gasteiger partial charge in [0, 0.05) is 10.9 Å². The molecule has 2 atom stereocenters. The van der Waals surface area contributed by atoms with Gasteiger partial charge in [0.1, 0.15) is 0 Å². The molecule has 6 rings (SSSR count). The lowest BCUT2D eigenvalue weighted by Gasteiger charge is -2.59. The average molecular weight is 401 g/mol. The Balaban J connectivity index is 1.35. The Morgan fingerprint density at radius 2 is 1.68 bits per heavy atom. The Hall–Kier alpha value is -1.55. The molecule has 2 N–H and O–H groups in total. The largest absolute Gasteiger partial charge is 0.349 e. The number of halogens is 1. The van der Waals surface area contributed by atoms with Gasteiger partial charge in [0.25, 0.3) is 5.91 Å². The highest BCUT2D eigenvalue weighted by Crippen LogP contribution is 2.64. The summed E-state index contributed by atoms with van der Waals surface area (Å²) in [6.07, 6.45) is 10.4. The van der Waals surface area contributed by atoms with E-state index >= 15 is 0 Å². The highest BCUT2D eigenvalue weighted by Gasteiger charge is 2.60. The number of carbonyl (C=O) groups is 2. The van der Waals surface area contributed by atoms with Gasteiger partial charge in [-0.15, -0.1) is 11.6 Å². The molecule has 0 spiro atoms. The van der Waals surface area contributed by atoms with Gasteiger partial charge < -0.3 is 10.6 Å². The molecule has 0 radical (unpaired) electrons. The van der Waals surface area contributed by atoms with Crippen LogP contribution >= 0.6 is 11.6 Å². The summed E-state index contributed by atoms with van der Waals surface area (Å²) >= 11 is 6.90. The van der Waals surface area contributed by atoms with Gasteiger partial charge in [-0.3, -0.25) is 9.59 Å². The summed E-state index contributed by atoms with van der Waals surface area (Å²) in [5.74, 6) is 1.13. The van der Waals surface area contributed by atoms with Crippen molar-refractivity contribution in [2.75, 3.05) is 5.32 Å². The van der Waals surface area contributed by atoms with E-state index in [0.717, 1.165) is 44.9 Å². The zero-order chi connectivity index (χ0) is 19.4. The molecule has 0 heterocycles. The molecule has 4 bridgehead atoms. The average Bonchev–Trinajstić information content (AvgIpc) is 3.13. The molecule has 5 saturated carbocycles. The summed E-state index contributed by atoms with van der Waals surface area (Å²) in [5.41, 5.74) is 0.830. The predicted molar refractivity (Wildman–Crippen MR) is 110 cm³/mol. The molecule has 150 valence electrons. The van der Waals surface area contributed by atoms with Crippen LogP contribution in [0.2, 0.25) is 0 Å². The molecule has 1 aromatic carbocycles. The van der Waals surface area contributed by atoms with Crippen molar-refractivity contribution in [2.24, 2.45) is 17.3 Å². The monoisotopic (exact) mass is 400 g/mol. The topological polar surface area (TPSA) is 58.2 Å². The summed E-state index contributed by atoms with van der Waals surface area (Å²) in [7, 11) is 0. The van der Waals surface area contributed by atoms with Crippen molar-refractivity contribution in [3.8, 4) is 0 Å². The Kier molecular flexibility index (Phi) is 4.46. The van der Waals surface area contributed by atoms with Crippen LogP contribution in [0.5, 0.6) is 0 Å². The van der Waals surface area contributed by atoms with Gasteiger partial charge in [0.15, 0.2) is 0 Å². The van der Waals surface area contributed by atoms with E-state index in [2.05, 4.69) is 10.6 Å². The van der Waals surface area contributed by atoms with E-state index in [1.165, 1.54) is 19.3 Å². The second-order valence-electron chi connectivity index (χ2n) is 9.85. The number of amides is 2. The first-order chi connectivity index (χ1) is 13.4. The molecule has 0 aliphatic heterocycles. The van der Waals surface area contributed by atoms with Crippen LogP contribution in [0.4, 0.5) is 5.69 Å². The van der Waals surface area contributed by atoms with E-state index in [4.69, 9.17) is 11.6 Å². The number of anilines is 1. The van der Waals surface area contributed by atoms with Crippen LogP contribution in [-0.2, 0) is 4.79 Å². The molecule has 5 aliphatic carbocycles. The molecule has 2 unspecified atom stereocenters. The summed E-state index contributed by atoms with van der Waals surface area (Å²) < 4.78 is 0. The second-order valence-corrected chi connectivity index (χ2v) is 10.6. The van der Waals surface area contributed by atoms with Crippen LogP contribution in [0.25, 0.3) is 0 Å². The minimum Gasteiger partial charge on any atom is -0.349 e. The van der Waals surface area contributed by atoms with E-state index in [-0.39, 0.29) is 28.1 Å². The third-order valence-electron chi connectivity index (χ3n) is 7.58. The SMILES string of the molecule is O=C(NC1CCCC1)c1ccccc1NC(=O)C12CC3CC(CC(Cl)(C3)C1)C2. The lowest BCUT2D eigenvalue weighted by molar-refractivity contribution is -0.138. The number of alkyl halides is 1. The fourth-order valence-electron chi connectivity index (χ4n) is 6.79. The third kappa shape index (κ3) is 3.24. The number of carbonyl (C=O) groups excluding carboxylic acids is 2. The number of hydrogen-bond donors (Lipinski definition) is 2. The molecular formula is C23H29ClN2O2. The van der Waals surface area contributed by atoms with Gasteiger partial charge in [-0.1, -0.05) is 25.0 Å². The van der Waals surface area contributed by atoms with Gasteiger partial charge >= 0.3 is 0 Å². The van der Waals surface area contributed by atoms with Crippen molar-refractivity contribution < 1.29 is 9.59 Å². The molecular weight excluding hydrogens is 372 g/mol. The summed E-state index contributed by atoms with van der Waals surface area (Å²) in [4.78, 5) is 26.1. The van der Waals surface area contributed by atoms with Gasteiger partial charge in [-0.25, -0.2) is 0 Å². The summed E-state index contributed by atoms with van der Waals surface area (Å²) in [6.45, 7) is 0. The number of nitrogens with one attached hydrogen (secondary N) is 2. The van der Waals surface area contributed by atoms with Crippen LogP contribution in [0.15, 0.2) is 24.3 Å². The van der Waals surface area contributed by atoms with Gasteiger partial charge in [0.05, 0.1) is 16.7 Å². The molecule has 5 aliphatic rings. The van der Waals surface area contributed by atoms with Crippen LogP contribution in [-0.4, -0.2) is 22.7 Å². The number of rotatable bonds is 4. The first-order valence-corrected chi connectivity index (χ1v) is 11.2. The highest BCUT2D eigenvalue weighted by atomic mass is 35.5. The molecule has 1 aromatic rings. The van der Waals surface area contributed by atoms with Crippen molar-refractivity contribution in [1.82, 2.24) is 5.32 Å². The van der Waals surface area contributed by atoms with Crippen LogP contribution in [0, 0.1) is 17.3 Å². The number of benzene rings is 1. The quantitative estimate of drug-likeness (QED) is 0.708. The molecule has 0 aromatic heterocycles. The zero-order valence-corrected chi connectivity index (χ0v) is 17.1. The van der Waals surface area contributed by atoms with E-state index in [1.54, 1.807) is 0 Å². The Morgan fingerprint density at radius 3 is 2.36 bits per heavy atom. The van der Waals surface area contributed by atoms with E-state index in [0.29, 0.717) is 23.1 Å². The minimum absolute atomic E-state index is 0.0627. The second kappa shape index (κ2) is 6.76. The first-order valence-electron chi connectivity index (χ1n) is 10.9. The summed E-state index contributed by atoms with van der Waals surface area (Å²) in [5, 5.41) is 6.27. The summed E-state index contributed by atoms with van der Waals surface area (Å²) in [6, 6.07) is 7.65.